The van der Waals surface area contributed by atoms with Crippen LogP contribution in [0, 0.1) is 6.92 Å². The molecule has 29 heavy (non-hydrogen) atoms. The molecular weight excluding hydrogens is 434 g/mol. The number of methoxy groups -OCH3 is 1. The number of aromatic nitrogens is 2. The van der Waals surface area contributed by atoms with Gasteiger partial charge in [-0.3, -0.25) is 4.90 Å². The third-order valence-electron chi connectivity index (χ3n) is 5.71. The van der Waals surface area contributed by atoms with E-state index in [1.54, 1.807) is 13.3 Å². The molecule has 3 heterocycles. The highest BCUT2D eigenvalue weighted by Gasteiger charge is 2.27. The highest BCUT2D eigenvalue weighted by Crippen LogP contribution is 2.36. The topological polar surface area (TPSA) is 62.8 Å². The fraction of sp³-hybridized carbons (Fsp3) is 0.524. The van der Waals surface area contributed by atoms with Crippen LogP contribution in [-0.2, 0) is 4.74 Å². The zero-order valence-corrected chi connectivity index (χ0v) is 18.5. The summed E-state index contributed by atoms with van der Waals surface area (Å²) >= 11 is 3.26. The van der Waals surface area contributed by atoms with Gasteiger partial charge in [-0.2, -0.15) is 0 Å². The number of anilines is 3. The predicted octanol–water partition coefficient (Wildman–Crippen LogP) is 3.60. The summed E-state index contributed by atoms with van der Waals surface area (Å²) in [6.45, 7) is 7.89. The van der Waals surface area contributed by atoms with Crippen molar-refractivity contribution in [1.82, 2.24) is 14.9 Å². The Morgan fingerprint density at radius 2 is 1.97 bits per heavy atom. The molecule has 2 saturated heterocycles. The molecule has 156 valence electrons. The maximum Gasteiger partial charge on any atom is 0.227 e. The number of piperidine rings is 1. The van der Waals surface area contributed by atoms with Crippen LogP contribution in [0.5, 0.6) is 5.75 Å². The molecule has 0 spiro atoms. The fourth-order valence-corrected chi connectivity index (χ4v) is 4.29. The summed E-state index contributed by atoms with van der Waals surface area (Å²) in [6, 6.07) is 4.80. The van der Waals surface area contributed by atoms with Crippen LogP contribution in [0.1, 0.15) is 19.8 Å². The molecule has 1 aromatic carbocycles. The molecule has 1 aromatic heterocycles. The van der Waals surface area contributed by atoms with Crippen molar-refractivity contribution in [2.45, 2.75) is 25.8 Å². The summed E-state index contributed by atoms with van der Waals surface area (Å²) in [5.74, 6) is 1.23. The predicted molar refractivity (Wildman–Crippen MR) is 118 cm³/mol. The van der Waals surface area contributed by atoms with E-state index in [1.807, 2.05) is 6.07 Å². The summed E-state index contributed by atoms with van der Waals surface area (Å²) in [5, 5.41) is 3.22. The van der Waals surface area contributed by atoms with Crippen LogP contribution in [0.3, 0.4) is 0 Å². The van der Waals surface area contributed by atoms with E-state index >= 15 is 0 Å². The number of morpholine rings is 1. The summed E-state index contributed by atoms with van der Waals surface area (Å²) in [5.41, 5.74) is 3.08. The van der Waals surface area contributed by atoms with Crippen molar-refractivity contribution in [3.63, 3.8) is 0 Å². The molecular formula is C21H28BrN5O2. The Hall–Kier alpha value is -1.90. The van der Waals surface area contributed by atoms with E-state index in [0.29, 0.717) is 16.5 Å². The molecule has 2 fully saturated rings. The van der Waals surface area contributed by atoms with Crippen LogP contribution >= 0.6 is 15.9 Å². The molecule has 0 bridgehead atoms. The van der Waals surface area contributed by atoms with Crippen LogP contribution in [0.4, 0.5) is 17.3 Å². The number of nitrogens with one attached hydrogen (secondary N) is 1. The highest BCUT2D eigenvalue weighted by molar-refractivity contribution is 9.10. The Morgan fingerprint density at radius 3 is 2.66 bits per heavy atom. The number of benzene rings is 1. The fourth-order valence-electron chi connectivity index (χ4n) is 4.10. The van der Waals surface area contributed by atoms with E-state index in [9.17, 15) is 0 Å². The average Bonchev–Trinajstić information content (AvgIpc) is 2.78. The van der Waals surface area contributed by atoms with Crippen LogP contribution in [0.2, 0.25) is 0 Å². The lowest BCUT2D eigenvalue weighted by molar-refractivity contribution is 0.0115. The Balaban J connectivity index is 1.47. The molecule has 1 N–H and O–H groups in total. The number of aryl methyl sites for hydroxylation is 1. The maximum absolute atomic E-state index is 7.84. The van der Waals surface area contributed by atoms with Gasteiger partial charge in [0.15, 0.2) is 0 Å². The molecule has 0 unspecified atom stereocenters. The summed E-state index contributed by atoms with van der Waals surface area (Å²) < 4.78 is 19.6. The lowest BCUT2D eigenvalue weighted by Gasteiger charge is -2.41. The molecule has 2 aliphatic heterocycles. The zero-order valence-electron chi connectivity index (χ0n) is 17.9. The Labute approximate surface area is 181 Å². The molecule has 7 nitrogen and oxygen atoms in total. The smallest absolute Gasteiger partial charge is 0.227 e. The number of hydrogen-bond donors (Lipinski definition) is 1. The number of nitrogens with zero attached hydrogens (tertiary/aromatic N) is 4. The second kappa shape index (κ2) is 9.28. The van der Waals surface area contributed by atoms with Crippen molar-refractivity contribution >= 4 is 33.3 Å². The van der Waals surface area contributed by atoms with Gasteiger partial charge in [0, 0.05) is 56.3 Å². The van der Waals surface area contributed by atoms with E-state index in [1.165, 1.54) is 0 Å². The van der Waals surface area contributed by atoms with Gasteiger partial charge in [0.2, 0.25) is 5.95 Å². The number of rotatable bonds is 5. The molecule has 0 saturated carbocycles. The molecule has 2 aromatic rings. The quantitative estimate of drug-likeness (QED) is 0.727. The first-order valence-electron chi connectivity index (χ1n) is 10.6. The minimum Gasteiger partial charge on any atom is -0.495 e. The van der Waals surface area contributed by atoms with Gasteiger partial charge in [-0.05, 0) is 47.3 Å². The van der Waals surface area contributed by atoms with Gasteiger partial charge in [-0.15, -0.1) is 0 Å². The molecule has 0 atom stereocenters. The Morgan fingerprint density at radius 1 is 1.21 bits per heavy atom. The lowest BCUT2D eigenvalue weighted by Crippen LogP contribution is -2.49. The van der Waals surface area contributed by atoms with Gasteiger partial charge in [0.05, 0.1) is 31.9 Å². The van der Waals surface area contributed by atoms with Crippen molar-refractivity contribution in [3.8, 4) is 5.75 Å². The second-order valence-electron chi connectivity index (χ2n) is 7.48. The molecule has 0 radical (unpaired) electrons. The first-order chi connectivity index (χ1) is 14.5. The number of halogens is 1. The SMILES string of the molecule is [2H]c1nc(Nc2cc(OC)c(N3CCC(N4CCOCC4)CC3)cc2C)ncc1Br. The van der Waals surface area contributed by atoms with E-state index in [0.717, 1.165) is 74.9 Å². The first-order valence-corrected chi connectivity index (χ1v) is 10.9. The minimum absolute atomic E-state index is 0.150. The van der Waals surface area contributed by atoms with Gasteiger partial charge in [-0.25, -0.2) is 9.97 Å². The Kier molecular flexibility index (Phi) is 6.11. The number of hydrogen-bond acceptors (Lipinski definition) is 7. The van der Waals surface area contributed by atoms with Gasteiger partial charge in [-0.1, -0.05) is 0 Å². The van der Waals surface area contributed by atoms with Gasteiger partial charge < -0.3 is 19.7 Å². The molecule has 4 rings (SSSR count). The normalized spacial score (nSPS) is 19.1. The summed E-state index contributed by atoms with van der Waals surface area (Å²) in [7, 11) is 1.70. The van der Waals surface area contributed by atoms with Crippen LogP contribution in [0.25, 0.3) is 0 Å². The molecule has 8 heteroatoms. The zero-order chi connectivity index (χ0) is 21.1. The van der Waals surface area contributed by atoms with Crippen molar-refractivity contribution in [3.05, 3.63) is 34.5 Å². The van der Waals surface area contributed by atoms with Crippen LogP contribution in [0.15, 0.2) is 29.0 Å². The largest absolute Gasteiger partial charge is 0.495 e. The average molecular weight is 463 g/mol. The highest BCUT2D eigenvalue weighted by atomic mass is 79.9. The second-order valence-corrected chi connectivity index (χ2v) is 8.34. The lowest BCUT2D eigenvalue weighted by atomic mass is 10.0. The molecule has 0 aliphatic carbocycles. The van der Waals surface area contributed by atoms with Crippen molar-refractivity contribution in [2.75, 3.05) is 56.7 Å². The first kappa shape index (κ1) is 19.1. The maximum atomic E-state index is 7.84. The van der Waals surface area contributed by atoms with Gasteiger partial charge >= 0.3 is 0 Å². The van der Waals surface area contributed by atoms with Crippen molar-refractivity contribution in [1.29, 1.82) is 0 Å². The van der Waals surface area contributed by atoms with Gasteiger partial charge in [0.25, 0.3) is 0 Å². The van der Waals surface area contributed by atoms with Crippen molar-refractivity contribution in [2.24, 2.45) is 0 Å². The van der Waals surface area contributed by atoms with Crippen LogP contribution in [-0.4, -0.2) is 67.4 Å². The van der Waals surface area contributed by atoms with Crippen LogP contribution < -0.4 is 15.0 Å². The third-order valence-corrected chi connectivity index (χ3v) is 6.09. The summed E-state index contributed by atoms with van der Waals surface area (Å²) in [4.78, 5) is 13.4. The monoisotopic (exact) mass is 462 g/mol. The summed E-state index contributed by atoms with van der Waals surface area (Å²) in [6.07, 6.45) is 4.04. The molecule has 2 aliphatic rings. The number of ether oxygens (including phenoxy) is 2. The third kappa shape index (κ3) is 4.82. The Bertz CT molecular complexity index is 886. The standard InChI is InChI=1S/C21H28BrN5O2/c1-15-11-19(27-5-3-17(4-6-27)26-7-9-29-10-8-26)20(28-2)12-18(15)25-21-23-13-16(22)14-24-21/h11-14,17H,3-10H2,1-2H3,(H,23,24,25)/i13D. The van der Waals surface area contributed by atoms with Crippen molar-refractivity contribution < 1.29 is 10.8 Å². The van der Waals surface area contributed by atoms with E-state index < -0.39 is 0 Å². The van der Waals surface area contributed by atoms with E-state index in [-0.39, 0.29) is 6.17 Å². The van der Waals surface area contributed by atoms with E-state index in [2.05, 4.69) is 54.0 Å². The minimum atomic E-state index is 0.150. The molecule has 0 amide bonds. The van der Waals surface area contributed by atoms with E-state index in [4.69, 9.17) is 10.8 Å². The van der Waals surface area contributed by atoms with Gasteiger partial charge in [0.1, 0.15) is 5.75 Å².